The van der Waals surface area contributed by atoms with Gasteiger partial charge in [0, 0.05) is 33.6 Å². The number of aryl methyl sites for hydroxylation is 1. The van der Waals surface area contributed by atoms with Gasteiger partial charge in [0.1, 0.15) is 22.9 Å². The van der Waals surface area contributed by atoms with E-state index in [9.17, 15) is 9.18 Å². The maximum Gasteiger partial charge on any atom is 0.336 e. The van der Waals surface area contributed by atoms with Gasteiger partial charge >= 0.3 is 5.63 Å². The fourth-order valence-electron chi connectivity index (χ4n) is 4.12. The number of hydrogen-bond acceptors (Lipinski definition) is 5. The lowest BCUT2D eigenvalue weighted by molar-refractivity contribution is 0.286. The van der Waals surface area contributed by atoms with Crippen LogP contribution in [0.15, 0.2) is 68.3 Å². The van der Waals surface area contributed by atoms with Crippen LogP contribution in [0.25, 0.3) is 22.1 Å². The van der Waals surface area contributed by atoms with Crippen molar-refractivity contribution in [1.29, 1.82) is 0 Å². The van der Waals surface area contributed by atoms with Crippen LogP contribution in [-0.4, -0.2) is 13.8 Å². The minimum Gasteiger partial charge on any atom is -0.497 e. The summed E-state index contributed by atoms with van der Waals surface area (Å²) < 4.78 is 32.0. The van der Waals surface area contributed by atoms with Crippen LogP contribution in [0.2, 0.25) is 0 Å². The SMILES string of the molecule is COc1ccc(-c2cc(=O)oc3c(C)c4c(cc23)CN(c2ccc(Br)cc2F)CO4)cc1. The molecule has 5 rings (SSSR count). The molecule has 4 aromatic rings. The van der Waals surface area contributed by atoms with E-state index >= 15 is 0 Å². The molecule has 0 aliphatic carbocycles. The van der Waals surface area contributed by atoms with E-state index < -0.39 is 5.63 Å². The number of anilines is 1. The third kappa shape index (κ3) is 3.52. The molecule has 32 heavy (non-hydrogen) atoms. The van der Waals surface area contributed by atoms with Gasteiger partial charge < -0.3 is 18.8 Å². The first-order chi connectivity index (χ1) is 15.4. The minimum atomic E-state index is -0.430. The number of halogens is 2. The van der Waals surface area contributed by atoms with Crippen LogP contribution in [0.1, 0.15) is 11.1 Å². The second kappa shape index (κ2) is 7.98. The molecular weight excluding hydrogens is 477 g/mol. The zero-order valence-corrected chi connectivity index (χ0v) is 19.0. The Morgan fingerprint density at radius 2 is 1.88 bits per heavy atom. The Balaban J connectivity index is 1.64. The zero-order valence-electron chi connectivity index (χ0n) is 17.4. The molecule has 3 aromatic carbocycles. The third-order valence-corrected chi connectivity index (χ3v) is 6.16. The van der Waals surface area contributed by atoms with E-state index in [1.165, 1.54) is 12.1 Å². The summed E-state index contributed by atoms with van der Waals surface area (Å²) in [5, 5.41) is 0.799. The van der Waals surface area contributed by atoms with Crippen molar-refractivity contribution in [2.45, 2.75) is 13.5 Å². The minimum absolute atomic E-state index is 0.195. The first-order valence-electron chi connectivity index (χ1n) is 10.0. The maximum absolute atomic E-state index is 14.5. The second-order valence-corrected chi connectivity index (χ2v) is 8.56. The molecule has 2 heterocycles. The molecule has 1 aliphatic heterocycles. The Labute approximate surface area is 192 Å². The van der Waals surface area contributed by atoms with E-state index in [1.807, 2.05) is 42.2 Å². The van der Waals surface area contributed by atoms with Gasteiger partial charge in [-0.1, -0.05) is 28.1 Å². The summed E-state index contributed by atoms with van der Waals surface area (Å²) in [5.74, 6) is 1.07. The van der Waals surface area contributed by atoms with Gasteiger partial charge in [-0.05, 0) is 54.4 Å². The van der Waals surface area contributed by atoms with Crippen molar-refractivity contribution in [1.82, 2.24) is 0 Å². The Bertz CT molecular complexity index is 1400. The number of fused-ring (bicyclic) bond motifs is 2. The van der Waals surface area contributed by atoms with Crippen LogP contribution >= 0.6 is 15.9 Å². The fraction of sp³-hybridized carbons (Fsp3) is 0.160. The molecule has 5 nitrogen and oxygen atoms in total. The molecule has 0 atom stereocenters. The topological polar surface area (TPSA) is 51.9 Å². The molecule has 0 fully saturated rings. The number of methoxy groups -OCH3 is 1. The highest BCUT2D eigenvalue weighted by Crippen LogP contribution is 2.39. The molecule has 1 aromatic heterocycles. The Morgan fingerprint density at radius 3 is 2.59 bits per heavy atom. The standard InChI is InChI=1S/C25H19BrFNO4/c1-14-24-16(12-28(13-31-24)22-8-5-17(26)10-21(22)27)9-20-19(11-23(29)32-25(14)20)15-3-6-18(30-2)7-4-15/h3-11H,12-13H2,1-2H3. The van der Waals surface area contributed by atoms with E-state index in [2.05, 4.69) is 15.9 Å². The Morgan fingerprint density at radius 1 is 1.09 bits per heavy atom. The zero-order chi connectivity index (χ0) is 22.4. The highest BCUT2D eigenvalue weighted by atomic mass is 79.9. The van der Waals surface area contributed by atoms with Crippen LogP contribution in [0.4, 0.5) is 10.1 Å². The highest BCUT2D eigenvalue weighted by Gasteiger charge is 2.25. The number of hydrogen-bond donors (Lipinski definition) is 0. The third-order valence-electron chi connectivity index (χ3n) is 5.67. The summed E-state index contributed by atoms with van der Waals surface area (Å²) in [7, 11) is 1.61. The Kier molecular flexibility index (Phi) is 5.13. The molecule has 0 bridgehead atoms. The van der Waals surface area contributed by atoms with E-state index in [0.29, 0.717) is 28.0 Å². The summed E-state index contributed by atoms with van der Waals surface area (Å²) in [6.07, 6.45) is 0. The summed E-state index contributed by atoms with van der Waals surface area (Å²) in [6.45, 7) is 2.53. The van der Waals surface area contributed by atoms with E-state index in [1.54, 1.807) is 19.2 Å². The Hall–Kier alpha value is -3.32. The number of rotatable bonds is 3. The van der Waals surface area contributed by atoms with E-state index in [0.717, 1.165) is 33.4 Å². The van der Waals surface area contributed by atoms with Gasteiger partial charge in [0.25, 0.3) is 0 Å². The smallest absolute Gasteiger partial charge is 0.336 e. The van der Waals surface area contributed by atoms with E-state index in [4.69, 9.17) is 13.9 Å². The molecular formula is C25H19BrFNO4. The van der Waals surface area contributed by atoms with Gasteiger partial charge in [0.15, 0.2) is 6.73 Å². The lowest BCUT2D eigenvalue weighted by Gasteiger charge is -2.32. The normalized spacial score (nSPS) is 13.1. The van der Waals surface area contributed by atoms with Crippen molar-refractivity contribution < 1.29 is 18.3 Å². The lowest BCUT2D eigenvalue weighted by atomic mass is 9.96. The van der Waals surface area contributed by atoms with Crippen LogP contribution in [0, 0.1) is 12.7 Å². The average Bonchev–Trinajstić information content (AvgIpc) is 2.79. The van der Waals surface area contributed by atoms with Gasteiger partial charge in [-0.25, -0.2) is 9.18 Å². The van der Waals surface area contributed by atoms with Crippen LogP contribution in [0.5, 0.6) is 11.5 Å². The molecule has 0 radical (unpaired) electrons. The summed E-state index contributed by atoms with van der Waals surface area (Å²) in [4.78, 5) is 14.2. The summed E-state index contributed by atoms with van der Waals surface area (Å²) in [5.41, 5.74) is 3.80. The molecule has 7 heteroatoms. The predicted molar refractivity (Wildman–Crippen MR) is 125 cm³/mol. The molecule has 0 unspecified atom stereocenters. The molecule has 0 spiro atoms. The molecule has 0 amide bonds. The second-order valence-electron chi connectivity index (χ2n) is 7.64. The molecule has 0 saturated heterocycles. The predicted octanol–water partition coefficient (Wildman–Crippen LogP) is 6.04. The number of benzene rings is 3. The van der Waals surface area contributed by atoms with Crippen molar-refractivity contribution in [3.05, 3.63) is 86.4 Å². The molecule has 1 aliphatic rings. The molecule has 0 saturated carbocycles. The van der Waals surface area contributed by atoms with Gasteiger partial charge in [0.05, 0.1) is 12.8 Å². The molecule has 162 valence electrons. The first-order valence-corrected chi connectivity index (χ1v) is 10.8. The van der Waals surface area contributed by atoms with Crippen molar-refractivity contribution in [3.63, 3.8) is 0 Å². The first kappa shape index (κ1) is 20.6. The van der Waals surface area contributed by atoms with Gasteiger partial charge in [0.2, 0.25) is 0 Å². The van der Waals surface area contributed by atoms with Crippen molar-refractivity contribution in [2.75, 3.05) is 18.7 Å². The van der Waals surface area contributed by atoms with Crippen molar-refractivity contribution in [2.24, 2.45) is 0 Å². The number of ether oxygens (including phenoxy) is 2. The van der Waals surface area contributed by atoms with Crippen LogP contribution in [-0.2, 0) is 6.54 Å². The molecule has 0 N–H and O–H groups in total. The fourth-order valence-corrected chi connectivity index (χ4v) is 4.46. The number of nitrogens with zero attached hydrogens (tertiary/aromatic N) is 1. The van der Waals surface area contributed by atoms with Crippen LogP contribution < -0.4 is 20.0 Å². The van der Waals surface area contributed by atoms with Crippen LogP contribution in [0.3, 0.4) is 0 Å². The van der Waals surface area contributed by atoms with E-state index in [-0.39, 0.29) is 12.5 Å². The van der Waals surface area contributed by atoms with Crippen molar-refractivity contribution in [3.8, 4) is 22.6 Å². The highest BCUT2D eigenvalue weighted by molar-refractivity contribution is 9.10. The van der Waals surface area contributed by atoms with Gasteiger partial charge in [-0.2, -0.15) is 0 Å². The maximum atomic E-state index is 14.5. The van der Waals surface area contributed by atoms with Gasteiger partial charge in [-0.15, -0.1) is 0 Å². The summed E-state index contributed by atoms with van der Waals surface area (Å²) >= 11 is 3.29. The average molecular weight is 496 g/mol. The van der Waals surface area contributed by atoms with Gasteiger partial charge in [-0.3, -0.25) is 0 Å². The van der Waals surface area contributed by atoms with Crippen molar-refractivity contribution >= 4 is 32.6 Å². The summed E-state index contributed by atoms with van der Waals surface area (Å²) in [6, 6.07) is 15.9. The monoisotopic (exact) mass is 495 g/mol. The lowest BCUT2D eigenvalue weighted by Crippen LogP contribution is -2.33. The quantitative estimate of drug-likeness (QED) is 0.324. The largest absolute Gasteiger partial charge is 0.497 e.